The number of aliphatic hydroxyl groups excluding tert-OH is 1. The molecule has 0 spiro atoms. The summed E-state index contributed by atoms with van der Waals surface area (Å²) in [5.74, 6) is -1.26. The van der Waals surface area contributed by atoms with Crippen LogP contribution in [0.2, 0.25) is 5.02 Å². The molecule has 1 aliphatic rings. The molecule has 1 atom stereocenters. The van der Waals surface area contributed by atoms with Gasteiger partial charge in [-0.1, -0.05) is 17.7 Å². The van der Waals surface area contributed by atoms with Gasteiger partial charge >= 0.3 is 0 Å². The van der Waals surface area contributed by atoms with E-state index in [0.717, 1.165) is 0 Å². The summed E-state index contributed by atoms with van der Waals surface area (Å²) >= 11 is 6.21. The zero-order chi connectivity index (χ0) is 22.7. The molecule has 1 aromatic carbocycles. The van der Waals surface area contributed by atoms with Gasteiger partial charge in [-0.05, 0) is 36.2 Å². The molecule has 1 amide bonds. The van der Waals surface area contributed by atoms with E-state index in [1.165, 1.54) is 18.1 Å². The highest BCUT2D eigenvalue weighted by atomic mass is 35.5. The topological polar surface area (TPSA) is 97.6 Å². The normalized spacial score (nSPS) is 17.7. The molecule has 4 rings (SSSR count). The maximum absolute atomic E-state index is 13.0. The Morgan fingerprint density at radius 2 is 2.03 bits per heavy atom. The molecule has 1 fully saturated rings. The zero-order valence-electron chi connectivity index (χ0n) is 17.3. The molecule has 164 valence electrons. The Morgan fingerprint density at radius 3 is 2.69 bits per heavy atom. The third-order valence-corrected chi connectivity index (χ3v) is 5.64. The highest BCUT2D eigenvalue weighted by Crippen LogP contribution is 2.40. The molecule has 9 heteroatoms. The number of ether oxygens (including phenoxy) is 1. The number of hydrogen-bond donors (Lipinski definition) is 1. The van der Waals surface area contributed by atoms with Crippen molar-refractivity contribution in [3.8, 4) is 5.75 Å². The first-order valence-corrected chi connectivity index (χ1v) is 10.4. The molecule has 0 saturated carbocycles. The van der Waals surface area contributed by atoms with Gasteiger partial charge in [-0.15, -0.1) is 0 Å². The number of likely N-dealkylation sites (tertiary alicyclic amines) is 1. The molecule has 32 heavy (non-hydrogen) atoms. The van der Waals surface area contributed by atoms with Gasteiger partial charge in [-0.2, -0.15) is 0 Å². The number of pyridine rings is 1. The first-order valence-electron chi connectivity index (χ1n) is 9.99. The number of rotatable bonds is 7. The Morgan fingerprint density at radius 1 is 1.19 bits per heavy atom. The number of hydrogen-bond acceptors (Lipinski definition) is 6. The molecule has 1 aliphatic heterocycles. The van der Waals surface area contributed by atoms with Crippen LogP contribution in [0.25, 0.3) is 5.76 Å². The summed E-state index contributed by atoms with van der Waals surface area (Å²) in [6.45, 7) is 0.958. The summed E-state index contributed by atoms with van der Waals surface area (Å²) < 4.78 is 7.05. The summed E-state index contributed by atoms with van der Waals surface area (Å²) in [5.41, 5.74) is 0.962. The van der Waals surface area contributed by atoms with E-state index in [1.54, 1.807) is 49.2 Å². The highest BCUT2D eigenvalue weighted by molar-refractivity contribution is 6.46. The fourth-order valence-electron chi connectivity index (χ4n) is 3.81. The number of halogens is 1. The molecule has 8 nitrogen and oxygen atoms in total. The number of imidazole rings is 1. The van der Waals surface area contributed by atoms with Crippen LogP contribution in [0.3, 0.4) is 0 Å². The van der Waals surface area contributed by atoms with Gasteiger partial charge in [0, 0.05) is 43.4 Å². The van der Waals surface area contributed by atoms with Crippen LogP contribution in [0.1, 0.15) is 23.6 Å². The van der Waals surface area contributed by atoms with E-state index >= 15 is 0 Å². The van der Waals surface area contributed by atoms with Crippen LogP contribution in [0, 0.1) is 0 Å². The minimum absolute atomic E-state index is 0.00636. The Balaban J connectivity index is 1.72. The summed E-state index contributed by atoms with van der Waals surface area (Å²) in [7, 11) is 1.48. The second-order valence-electron chi connectivity index (χ2n) is 7.28. The molecule has 1 N–H and O–H groups in total. The van der Waals surface area contributed by atoms with E-state index < -0.39 is 17.7 Å². The number of carbonyl (C=O) groups excluding carboxylic acids is 2. The average Bonchev–Trinajstić information content (AvgIpc) is 3.41. The van der Waals surface area contributed by atoms with E-state index in [9.17, 15) is 14.7 Å². The number of methoxy groups -OCH3 is 1. The van der Waals surface area contributed by atoms with E-state index in [1.807, 2.05) is 10.8 Å². The Hall–Kier alpha value is -3.65. The predicted molar refractivity (Wildman–Crippen MR) is 118 cm³/mol. The number of amides is 1. The molecule has 1 unspecified atom stereocenters. The number of aryl methyl sites for hydroxylation is 1. The van der Waals surface area contributed by atoms with Gasteiger partial charge in [-0.25, -0.2) is 4.98 Å². The molecule has 0 aliphatic carbocycles. The number of carbonyl (C=O) groups is 2. The van der Waals surface area contributed by atoms with Crippen LogP contribution in [0.4, 0.5) is 0 Å². The summed E-state index contributed by atoms with van der Waals surface area (Å²) in [6.07, 6.45) is 9.02. The zero-order valence-corrected chi connectivity index (χ0v) is 18.1. The van der Waals surface area contributed by atoms with Gasteiger partial charge in [0.25, 0.3) is 11.7 Å². The fraction of sp³-hybridized carbons (Fsp3) is 0.217. The lowest BCUT2D eigenvalue weighted by atomic mass is 9.96. The molecular formula is C23H21ClN4O4. The second kappa shape index (κ2) is 9.23. The number of nitrogens with zero attached hydrogens (tertiary/aromatic N) is 4. The second-order valence-corrected chi connectivity index (χ2v) is 7.69. The van der Waals surface area contributed by atoms with Crippen LogP contribution in [-0.2, 0) is 16.1 Å². The van der Waals surface area contributed by atoms with Crippen molar-refractivity contribution < 1.29 is 19.4 Å². The maximum atomic E-state index is 13.0. The van der Waals surface area contributed by atoms with Gasteiger partial charge in [0.2, 0.25) is 0 Å². The van der Waals surface area contributed by atoms with Crippen molar-refractivity contribution in [1.29, 1.82) is 0 Å². The lowest BCUT2D eigenvalue weighted by molar-refractivity contribution is -0.139. The number of aromatic nitrogens is 3. The Kier molecular flexibility index (Phi) is 6.23. The van der Waals surface area contributed by atoms with Crippen LogP contribution >= 0.6 is 11.6 Å². The van der Waals surface area contributed by atoms with Crippen molar-refractivity contribution in [2.24, 2.45) is 0 Å². The third kappa shape index (κ3) is 4.09. The van der Waals surface area contributed by atoms with Gasteiger partial charge in [0.05, 0.1) is 30.1 Å². The monoisotopic (exact) mass is 452 g/mol. The predicted octanol–water partition coefficient (Wildman–Crippen LogP) is 3.45. The first kappa shape index (κ1) is 21.6. The SMILES string of the molecule is COc1ccc(/C(O)=C2/C(=O)C(=O)N(CCCn3ccnc3)C2c2cccnc2)cc1Cl. The Bertz CT molecular complexity index is 1160. The smallest absolute Gasteiger partial charge is 0.295 e. The first-order chi connectivity index (χ1) is 15.5. The summed E-state index contributed by atoms with van der Waals surface area (Å²) in [6, 6.07) is 7.44. The van der Waals surface area contributed by atoms with E-state index in [0.29, 0.717) is 36.4 Å². The molecule has 0 radical (unpaired) electrons. The van der Waals surface area contributed by atoms with Gasteiger partial charge in [-0.3, -0.25) is 14.6 Å². The minimum atomic E-state index is -0.757. The largest absolute Gasteiger partial charge is 0.507 e. The number of aliphatic hydroxyl groups is 1. The standard InChI is InChI=1S/C23H21ClN4O4/c1-32-18-6-5-15(12-17(18)24)21(29)19-20(16-4-2-7-25-13-16)28(23(31)22(19)30)10-3-9-27-11-8-26-14-27/h2,4-8,11-14,20,29H,3,9-10H2,1H3/b21-19-. The quantitative estimate of drug-likeness (QED) is 0.335. The minimum Gasteiger partial charge on any atom is -0.507 e. The molecular weight excluding hydrogens is 432 g/mol. The fourth-order valence-corrected chi connectivity index (χ4v) is 4.06. The van der Waals surface area contributed by atoms with Gasteiger partial charge in [0.15, 0.2) is 0 Å². The molecule has 3 aromatic rings. The van der Waals surface area contributed by atoms with Crippen molar-refractivity contribution in [1.82, 2.24) is 19.4 Å². The van der Waals surface area contributed by atoms with Gasteiger partial charge in [0.1, 0.15) is 11.5 Å². The molecule has 0 bridgehead atoms. The van der Waals surface area contributed by atoms with Crippen molar-refractivity contribution in [2.45, 2.75) is 19.0 Å². The van der Waals surface area contributed by atoms with Gasteiger partial charge < -0.3 is 19.3 Å². The van der Waals surface area contributed by atoms with Crippen molar-refractivity contribution >= 4 is 29.1 Å². The lowest BCUT2D eigenvalue weighted by Crippen LogP contribution is -2.31. The summed E-state index contributed by atoms with van der Waals surface area (Å²) in [4.78, 5) is 35.6. The van der Waals surface area contributed by atoms with Crippen molar-refractivity contribution in [3.05, 3.63) is 83.2 Å². The van der Waals surface area contributed by atoms with Crippen LogP contribution in [0.15, 0.2) is 67.0 Å². The maximum Gasteiger partial charge on any atom is 0.295 e. The number of Topliss-reactive ketones (excluding diaryl/α,β-unsaturated/α-hetero) is 1. The van der Waals surface area contributed by atoms with Crippen LogP contribution < -0.4 is 4.74 Å². The van der Waals surface area contributed by atoms with Crippen molar-refractivity contribution in [3.63, 3.8) is 0 Å². The molecule has 2 aromatic heterocycles. The molecule has 1 saturated heterocycles. The van der Waals surface area contributed by atoms with E-state index in [-0.39, 0.29) is 16.4 Å². The Labute approximate surface area is 189 Å². The number of ketones is 1. The lowest BCUT2D eigenvalue weighted by Gasteiger charge is -2.25. The average molecular weight is 453 g/mol. The molecule has 3 heterocycles. The van der Waals surface area contributed by atoms with E-state index in [2.05, 4.69) is 9.97 Å². The van der Waals surface area contributed by atoms with Crippen LogP contribution in [-0.4, -0.2) is 49.9 Å². The van der Waals surface area contributed by atoms with Crippen molar-refractivity contribution in [2.75, 3.05) is 13.7 Å². The van der Waals surface area contributed by atoms with Crippen LogP contribution in [0.5, 0.6) is 5.75 Å². The number of benzene rings is 1. The third-order valence-electron chi connectivity index (χ3n) is 5.34. The van der Waals surface area contributed by atoms with E-state index in [4.69, 9.17) is 16.3 Å². The summed E-state index contributed by atoms with van der Waals surface area (Å²) in [5, 5.41) is 11.4. The highest BCUT2D eigenvalue weighted by Gasteiger charge is 2.45.